The highest BCUT2D eigenvalue weighted by Crippen LogP contribution is 2.34. The second-order valence-electron chi connectivity index (χ2n) is 8.01. The van der Waals surface area contributed by atoms with Crippen LogP contribution in [0, 0.1) is 0 Å². The van der Waals surface area contributed by atoms with Gasteiger partial charge in [0.25, 0.3) is 5.91 Å². The molecule has 0 saturated heterocycles. The van der Waals surface area contributed by atoms with Crippen LogP contribution in [0.3, 0.4) is 0 Å². The van der Waals surface area contributed by atoms with E-state index in [1.807, 2.05) is 66.7 Å². The first-order valence-electron chi connectivity index (χ1n) is 11.6. The van der Waals surface area contributed by atoms with Crippen LogP contribution in [-0.4, -0.2) is 42.4 Å². The van der Waals surface area contributed by atoms with Crippen molar-refractivity contribution < 1.29 is 19.1 Å². The molecule has 1 aromatic heterocycles. The standard InChI is InChI=1S/C28H28N4O4/c1-35-24-14-13-21(17-25(24)36-2)23-19-32(22-11-7-4-8-12-22)31-27(23)28(34)29-16-15-26(33)30-18-20-9-5-3-6-10-20/h3-14,17,19H,15-16,18H2,1-2H3,(H,29,34)(H,30,33). The lowest BCUT2D eigenvalue weighted by atomic mass is 10.1. The quantitative estimate of drug-likeness (QED) is 0.355. The van der Waals surface area contributed by atoms with E-state index in [1.165, 1.54) is 0 Å². The summed E-state index contributed by atoms with van der Waals surface area (Å²) in [4.78, 5) is 25.4. The van der Waals surface area contributed by atoms with Gasteiger partial charge in [0.05, 0.1) is 19.9 Å². The van der Waals surface area contributed by atoms with E-state index in [0.29, 0.717) is 23.6 Å². The zero-order valence-corrected chi connectivity index (χ0v) is 20.2. The molecule has 2 amide bonds. The maximum absolute atomic E-state index is 13.1. The zero-order chi connectivity index (χ0) is 25.3. The molecular formula is C28H28N4O4. The van der Waals surface area contributed by atoms with Crippen molar-refractivity contribution in [3.63, 3.8) is 0 Å². The molecule has 1 heterocycles. The fraction of sp³-hybridized carbons (Fsp3) is 0.179. The molecule has 0 radical (unpaired) electrons. The number of nitrogens with zero attached hydrogens (tertiary/aromatic N) is 2. The number of aromatic nitrogens is 2. The SMILES string of the molecule is COc1ccc(-c2cn(-c3ccccc3)nc2C(=O)NCCC(=O)NCc2ccccc2)cc1OC. The second-order valence-corrected chi connectivity index (χ2v) is 8.01. The normalized spacial score (nSPS) is 10.5. The topological polar surface area (TPSA) is 94.5 Å². The highest BCUT2D eigenvalue weighted by molar-refractivity contribution is 5.99. The van der Waals surface area contributed by atoms with Crippen LogP contribution in [0.15, 0.2) is 85.1 Å². The van der Waals surface area contributed by atoms with Gasteiger partial charge < -0.3 is 20.1 Å². The molecule has 0 fully saturated rings. The zero-order valence-electron chi connectivity index (χ0n) is 20.2. The van der Waals surface area contributed by atoms with Crippen LogP contribution in [0.2, 0.25) is 0 Å². The molecule has 3 aromatic carbocycles. The molecule has 0 bridgehead atoms. The van der Waals surface area contributed by atoms with Gasteiger partial charge in [0, 0.05) is 31.3 Å². The average Bonchev–Trinajstić information content (AvgIpc) is 3.38. The first-order valence-corrected chi connectivity index (χ1v) is 11.6. The molecule has 4 rings (SSSR count). The van der Waals surface area contributed by atoms with Crippen molar-refractivity contribution in [1.82, 2.24) is 20.4 Å². The molecule has 0 spiro atoms. The van der Waals surface area contributed by atoms with Crippen molar-refractivity contribution in [3.8, 4) is 28.3 Å². The first-order chi connectivity index (χ1) is 17.6. The van der Waals surface area contributed by atoms with Crippen LogP contribution >= 0.6 is 0 Å². The van der Waals surface area contributed by atoms with Gasteiger partial charge in [-0.25, -0.2) is 4.68 Å². The van der Waals surface area contributed by atoms with Crippen LogP contribution in [0.25, 0.3) is 16.8 Å². The van der Waals surface area contributed by atoms with Gasteiger partial charge in [0.1, 0.15) is 0 Å². The fourth-order valence-corrected chi connectivity index (χ4v) is 3.73. The maximum atomic E-state index is 13.1. The predicted molar refractivity (Wildman–Crippen MR) is 137 cm³/mol. The Morgan fingerprint density at radius 2 is 1.56 bits per heavy atom. The van der Waals surface area contributed by atoms with Crippen LogP contribution < -0.4 is 20.1 Å². The monoisotopic (exact) mass is 484 g/mol. The first kappa shape index (κ1) is 24.5. The van der Waals surface area contributed by atoms with E-state index in [1.54, 1.807) is 37.2 Å². The molecule has 36 heavy (non-hydrogen) atoms. The summed E-state index contributed by atoms with van der Waals surface area (Å²) < 4.78 is 12.4. The molecule has 4 aromatic rings. The Morgan fingerprint density at radius 3 is 2.25 bits per heavy atom. The Balaban J connectivity index is 1.50. The van der Waals surface area contributed by atoms with Crippen LogP contribution in [-0.2, 0) is 11.3 Å². The van der Waals surface area contributed by atoms with Crippen molar-refractivity contribution in [2.75, 3.05) is 20.8 Å². The van der Waals surface area contributed by atoms with Crippen LogP contribution in [0.1, 0.15) is 22.5 Å². The number of benzene rings is 3. The van der Waals surface area contributed by atoms with E-state index >= 15 is 0 Å². The summed E-state index contributed by atoms with van der Waals surface area (Å²) in [7, 11) is 3.13. The lowest BCUT2D eigenvalue weighted by molar-refractivity contribution is -0.121. The Kier molecular flexibility index (Phi) is 7.97. The van der Waals surface area contributed by atoms with Gasteiger partial charge in [-0.05, 0) is 35.4 Å². The van der Waals surface area contributed by atoms with E-state index in [4.69, 9.17) is 9.47 Å². The lowest BCUT2D eigenvalue weighted by Gasteiger charge is -2.10. The number of carbonyl (C=O) groups excluding carboxylic acids is 2. The van der Waals surface area contributed by atoms with E-state index < -0.39 is 0 Å². The number of methoxy groups -OCH3 is 2. The Morgan fingerprint density at radius 1 is 0.861 bits per heavy atom. The van der Waals surface area contributed by atoms with Gasteiger partial charge in [-0.2, -0.15) is 5.10 Å². The highest BCUT2D eigenvalue weighted by atomic mass is 16.5. The summed E-state index contributed by atoms with van der Waals surface area (Å²) in [6, 6.07) is 24.6. The summed E-state index contributed by atoms with van der Waals surface area (Å²) in [5.41, 5.74) is 3.46. The second kappa shape index (κ2) is 11.7. The van der Waals surface area contributed by atoms with E-state index in [0.717, 1.165) is 16.8 Å². The van der Waals surface area contributed by atoms with E-state index in [-0.39, 0.29) is 30.5 Å². The Hall–Kier alpha value is -4.59. The summed E-state index contributed by atoms with van der Waals surface area (Å²) >= 11 is 0. The summed E-state index contributed by atoms with van der Waals surface area (Å²) in [5, 5.41) is 10.2. The maximum Gasteiger partial charge on any atom is 0.272 e. The molecule has 0 aliphatic heterocycles. The van der Waals surface area contributed by atoms with Crippen molar-refractivity contribution >= 4 is 11.8 Å². The number of para-hydroxylation sites is 1. The van der Waals surface area contributed by atoms with Gasteiger partial charge in [0.15, 0.2) is 17.2 Å². The number of hydrogen-bond acceptors (Lipinski definition) is 5. The molecule has 2 N–H and O–H groups in total. The highest BCUT2D eigenvalue weighted by Gasteiger charge is 2.20. The third-order valence-electron chi connectivity index (χ3n) is 5.61. The summed E-state index contributed by atoms with van der Waals surface area (Å²) in [6.45, 7) is 0.627. The molecule has 0 atom stereocenters. The molecule has 0 aliphatic rings. The van der Waals surface area contributed by atoms with Gasteiger partial charge in [-0.3, -0.25) is 9.59 Å². The number of ether oxygens (including phenoxy) is 2. The van der Waals surface area contributed by atoms with Gasteiger partial charge in [-0.1, -0.05) is 54.6 Å². The smallest absolute Gasteiger partial charge is 0.272 e. The van der Waals surface area contributed by atoms with Crippen LogP contribution in [0.5, 0.6) is 11.5 Å². The number of carbonyl (C=O) groups is 2. The molecule has 8 nitrogen and oxygen atoms in total. The van der Waals surface area contributed by atoms with Gasteiger partial charge in [-0.15, -0.1) is 0 Å². The number of nitrogens with one attached hydrogen (secondary N) is 2. The van der Waals surface area contributed by atoms with Crippen molar-refractivity contribution in [1.29, 1.82) is 0 Å². The van der Waals surface area contributed by atoms with E-state index in [2.05, 4.69) is 15.7 Å². The average molecular weight is 485 g/mol. The van der Waals surface area contributed by atoms with Gasteiger partial charge >= 0.3 is 0 Å². The Labute approximate surface area is 209 Å². The van der Waals surface area contributed by atoms with Crippen molar-refractivity contribution in [2.24, 2.45) is 0 Å². The minimum Gasteiger partial charge on any atom is -0.493 e. The largest absolute Gasteiger partial charge is 0.493 e. The van der Waals surface area contributed by atoms with E-state index in [9.17, 15) is 9.59 Å². The van der Waals surface area contributed by atoms with Gasteiger partial charge in [0.2, 0.25) is 5.91 Å². The minimum absolute atomic E-state index is 0.144. The predicted octanol–water partition coefficient (Wildman–Crippen LogP) is 3.99. The summed E-state index contributed by atoms with van der Waals surface area (Å²) in [6.07, 6.45) is 1.96. The Bertz CT molecular complexity index is 1320. The lowest BCUT2D eigenvalue weighted by Crippen LogP contribution is -2.31. The fourth-order valence-electron chi connectivity index (χ4n) is 3.73. The number of rotatable bonds is 10. The molecule has 0 unspecified atom stereocenters. The molecule has 0 aliphatic carbocycles. The van der Waals surface area contributed by atoms with Crippen molar-refractivity contribution in [3.05, 3.63) is 96.3 Å². The molecule has 0 saturated carbocycles. The number of hydrogen-bond donors (Lipinski definition) is 2. The third-order valence-corrected chi connectivity index (χ3v) is 5.61. The molecular weight excluding hydrogens is 456 g/mol. The van der Waals surface area contributed by atoms with Crippen LogP contribution in [0.4, 0.5) is 0 Å². The number of amides is 2. The molecule has 184 valence electrons. The third kappa shape index (κ3) is 5.90. The van der Waals surface area contributed by atoms with Crippen molar-refractivity contribution in [2.45, 2.75) is 13.0 Å². The molecule has 8 heteroatoms. The summed E-state index contributed by atoms with van der Waals surface area (Å²) in [5.74, 6) is 0.618. The minimum atomic E-state index is -0.370.